The maximum absolute atomic E-state index is 10.4. The molecule has 19 heavy (non-hydrogen) atoms. The van der Waals surface area contributed by atoms with Crippen LogP contribution in [0.15, 0.2) is 6.33 Å². The Balaban J connectivity index is 1.93. The number of thioether (sulfide) groups is 2. The zero-order chi connectivity index (χ0) is 13.8. The first kappa shape index (κ1) is 15.2. The first-order valence-electron chi connectivity index (χ1n) is 6.93. The minimum Gasteiger partial charge on any atom is -0.391 e. The lowest BCUT2D eigenvalue weighted by Crippen LogP contribution is -2.36. The summed E-state index contributed by atoms with van der Waals surface area (Å²) < 4.78 is 1.91. The van der Waals surface area contributed by atoms with Gasteiger partial charge in [-0.05, 0) is 6.42 Å². The van der Waals surface area contributed by atoms with E-state index >= 15 is 0 Å². The Morgan fingerprint density at radius 2 is 2.26 bits per heavy atom. The van der Waals surface area contributed by atoms with Crippen molar-refractivity contribution >= 4 is 23.5 Å². The second kappa shape index (κ2) is 6.99. The summed E-state index contributed by atoms with van der Waals surface area (Å²) in [4.78, 5) is 4.28. The molecule has 1 aliphatic rings. The number of aryl methyl sites for hydroxylation is 1. The van der Waals surface area contributed by atoms with Crippen molar-refractivity contribution in [2.75, 3.05) is 5.75 Å². The number of hydrogen-bond acceptors (Lipinski definition) is 5. The molecule has 0 radical (unpaired) electrons. The molecule has 0 aliphatic carbocycles. The smallest absolute Gasteiger partial charge is 0.138 e. The quantitative estimate of drug-likeness (QED) is 0.904. The van der Waals surface area contributed by atoms with Crippen molar-refractivity contribution in [1.82, 2.24) is 14.8 Å². The molecule has 0 amide bonds. The van der Waals surface area contributed by atoms with E-state index < -0.39 is 0 Å². The van der Waals surface area contributed by atoms with Crippen molar-refractivity contribution in [3.8, 4) is 0 Å². The van der Waals surface area contributed by atoms with Crippen LogP contribution in [0.2, 0.25) is 0 Å². The van der Waals surface area contributed by atoms with E-state index in [0.717, 1.165) is 24.5 Å². The first-order chi connectivity index (χ1) is 9.11. The van der Waals surface area contributed by atoms with E-state index in [-0.39, 0.29) is 6.10 Å². The second-order valence-corrected chi connectivity index (χ2v) is 8.12. The van der Waals surface area contributed by atoms with Gasteiger partial charge in [0.2, 0.25) is 0 Å². The van der Waals surface area contributed by atoms with E-state index in [4.69, 9.17) is 0 Å². The van der Waals surface area contributed by atoms with Gasteiger partial charge in [-0.25, -0.2) is 4.98 Å². The van der Waals surface area contributed by atoms with Gasteiger partial charge in [0.05, 0.1) is 6.10 Å². The standard InChI is InChI=1S/C13H23N3OS2/c1-4-5-16-13(14-8-15-16)6-11(17)12-7-18-9(2)10(3)19-12/h8-12,17H,4-7H2,1-3H3. The Kier molecular flexibility index (Phi) is 5.59. The van der Waals surface area contributed by atoms with Gasteiger partial charge in [-0.3, -0.25) is 4.68 Å². The highest BCUT2D eigenvalue weighted by molar-refractivity contribution is 8.07. The van der Waals surface area contributed by atoms with E-state index in [1.54, 1.807) is 6.33 Å². The Morgan fingerprint density at radius 1 is 1.47 bits per heavy atom. The molecule has 1 fully saturated rings. The number of rotatable bonds is 5. The molecule has 0 spiro atoms. The molecule has 1 saturated heterocycles. The molecule has 1 aliphatic heterocycles. The highest BCUT2D eigenvalue weighted by atomic mass is 32.2. The van der Waals surface area contributed by atoms with Crippen LogP contribution in [0.25, 0.3) is 0 Å². The van der Waals surface area contributed by atoms with Crippen LogP contribution in [0, 0.1) is 0 Å². The molecule has 4 unspecified atom stereocenters. The van der Waals surface area contributed by atoms with Gasteiger partial charge in [-0.1, -0.05) is 20.8 Å². The monoisotopic (exact) mass is 301 g/mol. The zero-order valence-electron chi connectivity index (χ0n) is 11.8. The number of aliphatic hydroxyl groups excluding tert-OH is 1. The average Bonchev–Trinajstić information content (AvgIpc) is 2.80. The maximum Gasteiger partial charge on any atom is 0.138 e. The Morgan fingerprint density at radius 3 is 2.95 bits per heavy atom. The van der Waals surface area contributed by atoms with Crippen molar-refractivity contribution in [3.63, 3.8) is 0 Å². The zero-order valence-corrected chi connectivity index (χ0v) is 13.5. The normalized spacial score (nSPS) is 29.4. The summed E-state index contributed by atoms with van der Waals surface area (Å²) in [5.74, 6) is 1.94. The lowest BCUT2D eigenvalue weighted by Gasteiger charge is -2.33. The Bertz CT molecular complexity index is 399. The van der Waals surface area contributed by atoms with E-state index in [9.17, 15) is 5.11 Å². The van der Waals surface area contributed by atoms with Gasteiger partial charge in [0.25, 0.3) is 0 Å². The molecule has 4 atom stereocenters. The van der Waals surface area contributed by atoms with E-state index in [0.29, 0.717) is 22.2 Å². The number of aliphatic hydroxyl groups is 1. The fourth-order valence-electron chi connectivity index (χ4n) is 2.17. The summed E-state index contributed by atoms with van der Waals surface area (Å²) >= 11 is 3.88. The molecule has 2 rings (SSSR count). The van der Waals surface area contributed by atoms with Crippen molar-refractivity contribution in [3.05, 3.63) is 12.2 Å². The van der Waals surface area contributed by atoms with Gasteiger partial charge in [0.15, 0.2) is 0 Å². The van der Waals surface area contributed by atoms with Gasteiger partial charge in [0, 0.05) is 34.5 Å². The van der Waals surface area contributed by atoms with Gasteiger partial charge in [0.1, 0.15) is 12.2 Å². The van der Waals surface area contributed by atoms with Gasteiger partial charge >= 0.3 is 0 Å². The molecule has 108 valence electrons. The topological polar surface area (TPSA) is 50.9 Å². The molecule has 4 nitrogen and oxygen atoms in total. The van der Waals surface area contributed by atoms with Crippen LogP contribution in [0.5, 0.6) is 0 Å². The van der Waals surface area contributed by atoms with Gasteiger partial charge < -0.3 is 5.11 Å². The fourth-order valence-corrected chi connectivity index (χ4v) is 5.19. The molecule has 1 aromatic heterocycles. The third-order valence-electron chi connectivity index (χ3n) is 3.53. The van der Waals surface area contributed by atoms with E-state index in [1.165, 1.54) is 0 Å². The van der Waals surface area contributed by atoms with Crippen LogP contribution >= 0.6 is 23.5 Å². The summed E-state index contributed by atoms with van der Waals surface area (Å²) in [6, 6.07) is 0. The van der Waals surface area contributed by atoms with Crippen LogP contribution in [0.3, 0.4) is 0 Å². The van der Waals surface area contributed by atoms with Crippen LogP contribution < -0.4 is 0 Å². The third kappa shape index (κ3) is 3.89. The predicted molar refractivity (Wildman–Crippen MR) is 82.8 cm³/mol. The van der Waals surface area contributed by atoms with Crippen molar-refractivity contribution in [2.45, 2.75) is 62.0 Å². The van der Waals surface area contributed by atoms with Crippen LogP contribution in [-0.2, 0) is 13.0 Å². The molecule has 0 saturated carbocycles. The third-order valence-corrected chi connectivity index (χ3v) is 7.06. The lowest BCUT2D eigenvalue weighted by molar-refractivity contribution is 0.172. The first-order valence-corrected chi connectivity index (χ1v) is 8.92. The van der Waals surface area contributed by atoms with Crippen molar-refractivity contribution in [2.24, 2.45) is 0 Å². The van der Waals surface area contributed by atoms with Gasteiger partial charge in [-0.15, -0.1) is 0 Å². The fraction of sp³-hybridized carbons (Fsp3) is 0.846. The molecule has 0 bridgehead atoms. The molecular formula is C13H23N3OS2. The van der Waals surface area contributed by atoms with Crippen molar-refractivity contribution < 1.29 is 5.11 Å². The van der Waals surface area contributed by atoms with Crippen LogP contribution in [-0.4, -0.2) is 47.5 Å². The number of hydrogen-bond donors (Lipinski definition) is 1. The largest absolute Gasteiger partial charge is 0.391 e. The van der Waals surface area contributed by atoms with E-state index in [2.05, 4.69) is 30.9 Å². The molecule has 1 N–H and O–H groups in total. The Hall–Kier alpha value is -0.200. The number of aromatic nitrogens is 3. The summed E-state index contributed by atoms with van der Waals surface area (Å²) in [6.45, 7) is 7.52. The van der Waals surface area contributed by atoms with Crippen LogP contribution in [0.1, 0.15) is 33.0 Å². The summed E-state index contributed by atoms with van der Waals surface area (Å²) in [6.07, 6.45) is 2.91. The van der Waals surface area contributed by atoms with Crippen molar-refractivity contribution in [1.29, 1.82) is 0 Å². The summed E-state index contributed by atoms with van der Waals surface area (Å²) in [5, 5.41) is 16.2. The molecule has 1 aromatic rings. The summed E-state index contributed by atoms with van der Waals surface area (Å²) in [7, 11) is 0. The molecule has 0 aromatic carbocycles. The van der Waals surface area contributed by atoms with Crippen LogP contribution in [0.4, 0.5) is 0 Å². The lowest BCUT2D eigenvalue weighted by atomic mass is 10.2. The minimum atomic E-state index is -0.327. The minimum absolute atomic E-state index is 0.308. The molecule has 2 heterocycles. The average molecular weight is 301 g/mol. The summed E-state index contributed by atoms with van der Waals surface area (Å²) in [5.41, 5.74) is 0. The highest BCUT2D eigenvalue weighted by Gasteiger charge is 2.31. The van der Waals surface area contributed by atoms with Gasteiger partial charge in [-0.2, -0.15) is 28.6 Å². The maximum atomic E-state index is 10.4. The number of nitrogens with zero attached hydrogens (tertiary/aromatic N) is 3. The SMILES string of the molecule is CCCn1ncnc1CC(O)C1CSC(C)C(C)S1. The molecular weight excluding hydrogens is 278 g/mol. The Labute approximate surface area is 123 Å². The molecule has 6 heteroatoms. The highest BCUT2D eigenvalue weighted by Crippen LogP contribution is 2.37. The van der Waals surface area contributed by atoms with E-state index in [1.807, 2.05) is 28.2 Å². The second-order valence-electron chi connectivity index (χ2n) is 5.09. The predicted octanol–water partition coefficient (Wildman–Crippen LogP) is 2.22.